The molecule has 0 amide bonds. The second-order valence-electron chi connectivity index (χ2n) is 5.02. The standard InChI is InChI=1S/C14H19F2NO/c1-17-10-14(5-7-18-8-6-14)9-11-12(15)3-2-4-13(11)16/h2-4,17H,5-10H2,1H3. The van der Waals surface area contributed by atoms with Crippen molar-refractivity contribution in [2.75, 3.05) is 26.8 Å². The number of nitrogens with one attached hydrogen (secondary N) is 1. The van der Waals surface area contributed by atoms with Gasteiger partial charge in [0, 0.05) is 25.3 Å². The molecular weight excluding hydrogens is 236 g/mol. The average molecular weight is 255 g/mol. The molecule has 2 rings (SSSR count). The van der Waals surface area contributed by atoms with Crippen LogP contribution in [-0.2, 0) is 11.2 Å². The molecule has 1 heterocycles. The van der Waals surface area contributed by atoms with Crippen molar-refractivity contribution in [3.05, 3.63) is 35.4 Å². The Bertz CT molecular complexity index is 377. The Morgan fingerprint density at radius 1 is 1.22 bits per heavy atom. The van der Waals surface area contributed by atoms with Crippen molar-refractivity contribution in [1.29, 1.82) is 0 Å². The molecule has 4 heteroatoms. The van der Waals surface area contributed by atoms with Crippen LogP contribution in [0.4, 0.5) is 8.78 Å². The van der Waals surface area contributed by atoms with Crippen molar-refractivity contribution in [3.63, 3.8) is 0 Å². The summed E-state index contributed by atoms with van der Waals surface area (Å²) < 4.78 is 32.8. The fourth-order valence-corrected chi connectivity index (χ4v) is 2.67. The summed E-state index contributed by atoms with van der Waals surface area (Å²) in [6.45, 7) is 2.08. The highest BCUT2D eigenvalue weighted by atomic mass is 19.1. The molecule has 100 valence electrons. The lowest BCUT2D eigenvalue weighted by Crippen LogP contribution is -2.40. The minimum atomic E-state index is -0.447. The molecule has 1 aliphatic heterocycles. The van der Waals surface area contributed by atoms with E-state index in [9.17, 15) is 8.78 Å². The molecule has 0 bridgehead atoms. The molecule has 1 aromatic rings. The van der Waals surface area contributed by atoms with Crippen LogP contribution in [0.25, 0.3) is 0 Å². The van der Waals surface area contributed by atoms with Crippen molar-refractivity contribution in [1.82, 2.24) is 5.32 Å². The molecule has 0 radical (unpaired) electrons. The molecule has 1 aliphatic rings. The molecule has 0 spiro atoms. The Morgan fingerprint density at radius 2 is 1.83 bits per heavy atom. The smallest absolute Gasteiger partial charge is 0.129 e. The second kappa shape index (κ2) is 5.76. The first kappa shape index (κ1) is 13.4. The second-order valence-corrected chi connectivity index (χ2v) is 5.02. The molecule has 0 unspecified atom stereocenters. The van der Waals surface area contributed by atoms with Crippen molar-refractivity contribution in [2.24, 2.45) is 5.41 Å². The van der Waals surface area contributed by atoms with Gasteiger partial charge in [0.25, 0.3) is 0 Å². The van der Waals surface area contributed by atoms with E-state index in [1.165, 1.54) is 18.2 Å². The maximum atomic E-state index is 13.7. The van der Waals surface area contributed by atoms with Crippen molar-refractivity contribution in [3.8, 4) is 0 Å². The van der Waals surface area contributed by atoms with Crippen molar-refractivity contribution >= 4 is 0 Å². The van der Waals surface area contributed by atoms with Gasteiger partial charge in [-0.3, -0.25) is 0 Å². The predicted molar refractivity (Wildman–Crippen MR) is 66.5 cm³/mol. The summed E-state index contributed by atoms with van der Waals surface area (Å²) in [7, 11) is 1.87. The molecule has 1 aromatic carbocycles. The minimum Gasteiger partial charge on any atom is -0.381 e. The van der Waals surface area contributed by atoms with Crippen LogP contribution < -0.4 is 5.32 Å². The summed E-state index contributed by atoms with van der Waals surface area (Å²) in [6.07, 6.45) is 2.10. The third-order valence-electron chi connectivity index (χ3n) is 3.72. The summed E-state index contributed by atoms with van der Waals surface area (Å²) in [4.78, 5) is 0. The van der Waals surface area contributed by atoms with Gasteiger partial charge in [-0.05, 0) is 43.9 Å². The minimum absolute atomic E-state index is 0.101. The topological polar surface area (TPSA) is 21.3 Å². The Labute approximate surface area is 106 Å². The molecule has 0 atom stereocenters. The Kier molecular flexibility index (Phi) is 4.30. The predicted octanol–water partition coefficient (Wildman–Crippen LogP) is 2.52. The van der Waals surface area contributed by atoms with Crippen molar-refractivity contribution in [2.45, 2.75) is 19.3 Å². The van der Waals surface area contributed by atoms with E-state index < -0.39 is 11.6 Å². The van der Waals surface area contributed by atoms with E-state index in [0.29, 0.717) is 19.6 Å². The van der Waals surface area contributed by atoms with Gasteiger partial charge in [0.2, 0.25) is 0 Å². The van der Waals surface area contributed by atoms with Crippen LogP contribution in [0.3, 0.4) is 0 Å². The van der Waals surface area contributed by atoms with Crippen LogP contribution in [-0.4, -0.2) is 26.8 Å². The van der Waals surface area contributed by atoms with Crippen LogP contribution in [0, 0.1) is 17.0 Å². The Balaban J connectivity index is 2.23. The highest BCUT2D eigenvalue weighted by Crippen LogP contribution is 2.35. The largest absolute Gasteiger partial charge is 0.381 e. The lowest BCUT2D eigenvalue weighted by Gasteiger charge is -2.37. The van der Waals surface area contributed by atoms with E-state index in [1.807, 2.05) is 7.05 Å². The first-order chi connectivity index (χ1) is 8.67. The summed E-state index contributed by atoms with van der Waals surface area (Å²) in [5.41, 5.74) is 0.102. The maximum absolute atomic E-state index is 13.7. The number of hydrogen-bond donors (Lipinski definition) is 1. The van der Waals surface area contributed by atoms with E-state index in [4.69, 9.17) is 4.74 Å². The van der Waals surface area contributed by atoms with Crippen LogP contribution in [0.15, 0.2) is 18.2 Å². The van der Waals surface area contributed by atoms with E-state index in [1.54, 1.807) is 0 Å². The summed E-state index contributed by atoms with van der Waals surface area (Å²) in [5.74, 6) is -0.895. The normalized spacial score (nSPS) is 18.8. The van der Waals surface area contributed by atoms with E-state index in [-0.39, 0.29) is 11.0 Å². The highest BCUT2D eigenvalue weighted by molar-refractivity contribution is 5.21. The first-order valence-corrected chi connectivity index (χ1v) is 6.32. The maximum Gasteiger partial charge on any atom is 0.129 e. The average Bonchev–Trinajstić information content (AvgIpc) is 2.36. The fraction of sp³-hybridized carbons (Fsp3) is 0.571. The number of benzene rings is 1. The van der Waals surface area contributed by atoms with Gasteiger partial charge in [0.1, 0.15) is 11.6 Å². The van der Waals surface area contributed by atoms with Gasteiger partial charge in [-0.25, -0.2) is 8.78 Å². The number of halogens is 2. The van der Waals surface area contributed by atoms with Gasteiger partial charge < -0.3 is 10.1 Å². The number of rotatable bonds is 4. The molecule has 1 N–H and O–H groups in total. The van der Waals surface area contributed by atoms with E-state index in [0.717, 1.165) is 19.4 Å². The summed E-state index contributed by atoms with van der Waals surface area (Å²) >= 11 is 0. The molecule has 0 aromatic heterocycles. The van der Waals surface area contributed by atoms with Gasteiger partial charge >= 0.3 is 0 Å². The zero-order chi connectivity index (χ0) is 13.0. The van der Waals surface area contributed by atoms with Gasteiger partial charge in [0.05, 0.1) is 0 Å². The Hall–Kier alpha value is -1.00. The molecule has 1 saturated heterocycles. The zero-order valence-corrected chi connectivity index (χ0v) is 10.6. The number of hydrogen-bond acceptors (Lipinski definition) is 2. The van der Waals surface area contributed by atoms with Crippen LogP contribution in [0.5, 0.6) is 0 Å². The lowest BCUT2D eigenvalue weighted by atomic mass is 9.75. The summed E-state index contributed by atoms with van der Waals surface area (Å²) in [5, 5.41) is 3.14. The third-order valence-corrected chi connectivity index (χ3v) is 3.72. The van der Waals surface area contributed by atoms with Gasteiger partial charge in [-0.15, -0.1) is 0 Å². The van der Waals surface area contributed by atoms with E-state index in [2.05, 4.69) is 5.32 Å². The van der Waals surface area contributed by atoms with Gasteiger partial charge in [0.15, 0.2) is 0 Å². The van der Waals surface area contributed by atoms with Crippen LogP contribution >= 0.6 is 0 Å². The molecule has 2 nitrogen and oxygen atoms in total. The van der Waals surface area contributed by atoms with Crippen LogP contribution in [0.2, 0.25) is 0 Å². The van der Waals surface area contributed by atoms with Crippen LogP contribution in [0.1, 0.15) is 18.4 Å². The Morgan fingerprint density at radius 3 is 2.39 bits per heavy atom. The highest BCUT2D eigenvalue weighted by Gasteiger charge is 2.33. The SMILES string of the molecule is CNCC1(Cc2c(F)cccc2F)CCOCC1. The third kappa shape index (κ3) is 2.87. The molecular formula is C14H19F2NO. The quantitative estimate of drug-likeness (QED) is 0.892. The fourth-order valence-electron chi connectivity index (χ4n) is 2.67. The van der Waals surface area contributed by atoms with Crippen molar-refractivity contribution < 1.29 is 13.5 Å². The number of ether oxygens (including phenoxy) is 1. The lowest BCUT2D eigenvalue weighted by molar-refractivity contribution is 0.0150. The molecule has 0 saturated carbocycles. The summed E-state index contributed by atoms with van der Waals surface area (Å²) in [6, 6.07) is 4.05. The first-order valence-electron chi connectivity index (χ1n) is 6.32. The zero-order valence-electron chi connectivity index (χ0n) is 10.6. The molecule has 18 heavy (non-hydrogen) atoms. The molecule has 1 fully saturated rings. The van der Waals surface area contributed by atoms with Gasteiger partial charge in [-0.2, -0.15) is 0 Å². The van der Waals surface area contributed by atoms with Gasteiger partial charge in [-0.1, -0.05) is 6.07 Å². The monoisotopic (exact) mass is 255 g/mol. The molecule has 0 aliphatic carbocycles. The van der Waals surface area contributed by atoms with E-state index >= 15 is 0 Å².